The number of benzene rings is 1. The van der Waals surface area contributed by atoms with Crippen molar-refractivity contribution in [1.29, 1.82) is 0 Å². The van der Waals surface area contributed by atoms with Crippen molar-refractivity contribution in [3.63, 3.8) is 0 Å². The Hall–Kier alpha value is -1.72. The van der Waals surface area contributed by atoms with Crippen molar-refractivity contribution in [2.45, 2.75) is 19.3 Å². The van der Waals surface area contributed by atoms with Crippen LogP contribution in [0.15, 0.2) is 18.2 Å². The predicted molar refractivity (Wildman–Crippen MR) is 55.4 cm³/mol. The minimum atomic E-state index is -2.61. The summed E-state index contributed by atoms with van der Waals surface area (Å²) in [6, 6.07) is 3.51. The maximum Gasteiger partial charge on any atom is 0.272 e. The monoisotopic (exact) mass is 247 g/mol. The largest absolute Gasteiger partial charge is 0.487 e. The van der Waals surface area contributed by atoms with E-state index in [1.54, 1.807) is 0 Å². The van der Waals surface area contributed by atoms with Crippen LogP contribution in [0.1, 0.15) is 12.0 Å². The van der Waals surface area contributed by atoms with Gasteiger partial charge in [0.15, 0.2) is 0 Å². The molecule has 0 radical (unpaired) electrons. The van der Waals surface area contributed by atoms with Crippen molar-refractivity contribution in [2.75, 3.05) is 6.61 Å². The number of halogens is 3. The van der Waals surface area contributed by atoms with Crippen molar-refractivity contribution >= 4 is 5.91 Å². The predicted octanol–water partition coefficient (Wildman–Crippen LogP) is 1.89. The summed E-state index contributed by atoms with van der Waals surface area (Å²) in [5.74, 6) is -0.920. The summed E-state index contributed by atoms with van der Waals surface area (Å²) in [4.78, 5) is 10.6. The van der Waals surface area contributed by atoms with Gasteiger partial charge in [0, 0.05) is 6.42 Å². The lowest BCUT2D eigenvalue weighted by atomic mass is 10.1. The second kappa shape index (κ2) is 6.12. The van der Waals surface area contributed by atoms with E-state index in [4.69, 9.17) is 10.5 Å². The molecular weight excluding hydrogens is 235 g/mol. The highest BCUT2D eigenvalue weighted by molar-refractivity contribution is 5.74. The van der Waals surface area contributed by atoms with E-state index in [1.165, 1.54) is 6.07 Å². The van der Waals surface area contributed by atoms with Crippen molar-refractivity contribution in [3.05, 3.63) is 29.6 Å². The van der Waals surface area contributed by atoms with Crippen LogP contribution in [0.4, 0.5) is 13.2 Å². The quantitative estimate of drug-likeness (QED) is 0.834. The zero-order valence-corrected chi connectivity index (χ0v) is 8.96. The number of carbonyl (C=O) groups excluding carboxylic acids is 1. The van der Waals surface area contributed by atoms with E-state index in [-0.39, 0.29) is 18.6 Å². The maximum atomic E-state index is 13.0. The van der Waals surface area contributed by atoms with E-state index >= 15 is 0 Å². The molecule has 0 aliphatic carbocycles. The average molecular weight is 247 g/mol. The molecule has 0 aliphatic heterocycles. The molecule has 0 saturated carbocycles. The number of carbonyl (C=O) groups is 1. The van der Waals surface area contributed by atoms with Crippen LogP contribution in [0, 0.1) is 5.82 Å². The molecule has 3 nitrogen and oxygen atoms in total. The first-order valence-electron chi connectivity index (χ1n) is 4.96. The van der Waals surface area contributed by atoms with Gasteiger partial charge in [-0.25, -0.2) is 13.2 Å². The second-order valence-corrected chi connectivity index (χ2v) is 3.42. The summed E-state index contributed by atoms with van der Waals surface area (Å²) in [6.45, 7) is -0.769. The average Bonchev–Trinajstić information content (AvgIpc) is 2.24. The van der Waals surface area contributed by atoms with Crippen molar-refractivity contribution in [3.8, 4) is 5.75 Å². The molecule has 0 heterocycles. The van der Waals surface area contributed by atoms with E-state index in [2.05, 4.69) is 0 Å². The van der Waals surface area contributed by atoms with Gasteiger partial charge >= 0.3 is 0 Å². The molecule has 6 heteroatoms. The molecule has 94 valence electrons. The van der Waals surface area contributed by atoms with Gasteiger partial charge < -0.3 is 10.5 Å². The molecule has 1 amide bonds. The van der Waals surface area contributed by atoms with Gasteiger partial charge in [0.1, 0.15) is 18.2 Å². The van der Waals surface area contributed by atoms with Crippen LogP contribution in [0.25, 0.3) is 0 Å². The number of hydrogen-bond donors (Lipinski definition) is 1. The van der Waals surface area contributed by atoms with Crippen molar-refractivity contribution in [1.82, 2.24) is 0 Å². The van der Waals surface area contributed by atoms with E-state index in [9.17, 15) is 18.0 Å². The Bertz CT molecular complexity index is 396. The maximum absolute atomic E-state index is 13.0. The summed E-state index contributed by atoms with van der Waals surface area (Å²) >= 11 is 0. The Labute approximate surface area is 96.4 Å². The first-order chi connectivity index (χ1) is 7.99. The Kier molecular flexibility index (Phi) is 4.81. The Morgan fingerprint density at radius 2 is 2.12 bits per heavy atom. The van der Waals surface area contributed by atoms with Crippen LogP contribution >= 0.6 is 0 Å². The Morgan fingerprint density at radius 3 is 2.71 bits per heavy atom. The fourth-order valence-electron chi connectivity index (χ4n) is 1.29. The zero-order chi connectivity index (χ0) is 12.8. The van der Waals surface area contributed by atoms with Gasteiger partial charge in [-0.05, 0) is 30.2 Å². The molecule has 0 atom stereocenters. The summed E-state index contributed by atoms with van der Waals surface area (Å²) in [5.41, 5.74) is 5.31. The van der Waals surface area contributed by atoms with Gasteiger partial charge in [-0.1, -0.05) is 0 Å². The van der Waals surface area contributed by atoms with Crippen molar-refractivity contribution < 1.29 is 22.7 Å². The number of aryl methyl sites for hydroxylation is 1. The molecule has 0 spiro atoms. The molecule has 1 aromatic rings. The highest BCUT2D eigenvalue weighted by atomic mass is 19.3. The molecular formula is C11H12F3NO2. The fraction of sp³-hybridized carbons (Fsp3) is 0.364. The van der Waals surface area contributed by atoms with Gasteiger partial charge in [-0.15, -0.1) is 0 Å². The van der Waals surface area contributed by atoms with Gasteiger partial charge in [-0.3, -0.25) is 4.79 Å². The summed E-state index contributed by atoms with van der Waals surface area (Å²) in [5, 5.41) is 0. The highest BCUT2D eigenvalue weighted by Crippen LogP contribution is 2.21. The fourth-order valence-corrected chi connectivity index (χ4v) is 1.29. The smallest absolute Gasteiger partial charge is 0.272 e. The number of hydrogen-bond acceptors (Lipinski definition) is 2. The SMILES string of the molecule is NC(=O)CCc1cc(F)ccc1OCC(F)F. The molecule has 0 aromatic heterocycles. The Morgan fingerprint density at radius 1 is 1.41 bits per heavy atom. The van der Waals surface area contributed by atoms with E-state index in [0.29, 0.717) is 5.56 Å². The Balaban J connectivity index is 2.76. The summed E-state index contributed by atoms with van der Waals surface area (Å²) in [7, 11) is 0. The van der Waals surface area contributed by atoms with Crippen LogP contribution < -0.4 is 10.5 Å². The molecule has 1 rings (SSSR count). The summed E-state index contributed by atoms with van der Waals surface area (Å²) < 4.78 is 41.7. The minimum Gasteiger partial charge on any atom is -0.487 e. The lowest BCUT2D eigenvalue weighted by molar-refractivity contribution is -0.118. The third-order valence-electron chi connectivity index (χ3n) is 2.03. The number of primary amides is 1. The number of ether oxygens (including phenoxy) is 1. The van der Waals surface area contributed by atoms with Crippen LogP contribution in [0.5, 0.6) is 5.75 Å². The highest BCUT2D eigenvalue weighted by Gasteiger charge is 2.10. The van der Waals surface area contributed by atoms with Gasteiger partial charge in [0.2, 0.25) is 5.91 Å². The topological polar surface area (TPSA) is 52.3 Å². The molecule has 0 aliphatic rings. The number of rotatable bonds is 6. The van der Waals surface area contributed by atoms with Crippen molar-refractivity contribution in [2.24, 2.45) is 5.73 Å². The van der Waals surface area contributed by atoms with Gasteiger partial charge in [0.05, 0.1) is 0 Å². The molecule has 0 unspecified atom stereocenters. The van der Waals surface area contributed by atoms with Crippen LogP contribution in [0.2, 0.25) is 0 Å². The van der Waals surface area contributed by atoms with Gasteiger partial charge in [-0.2, -0.15) is 0 Å². The first-order valence-corrected chi connectivity index (χ1v) is 4.96. The molecule has 0 fully saturated rings. The van der Waals surface area contributed by atoms with E-state index < -0.39 is 24.8 Å². The van der Waals surface area contributed by atoms with Crippen LogP contribution in [-0.4, -0.2) is 18.9 Å². The molecule has 17 heavy (non-hydrogen) atoms. The lowest BCUT2D eigenvalue weighted by Crippen LogP contribution is -2.13. The molecule has 2 N–H and O–H groups in total. The lowest BCUT2D eigenvalue weighted by Gasteiger charge is -2.10. The third kappa shape index (κ3) is 4.76. The third-order valence-corrected chi connectivity index (χ3v) is 2.03. The number of amides is 1. The molecule has 1 aromatic carbocycles. The van der Waals surface area contributed by atoms with E-state index in [0.717, 1.165) is 12.1 Å². The van der Waals surface area contributed by atoms with Gasteiger partial charge in [0.25, 0.3) is 6.43 Å². The van der Waals surface area contributed by atoms with Crippen LogP contribution in [-0.2, 0) is 11.2 Å². The minimum absolute atomic E-state index is 0.00842. The van der Waals surface area contributed by atoms with Crippen LogP contribution in [0.3, 0.4) is 0 Å². The standard InChI is InChI=1S/C11H12F3NO2/c12-8-2-3-9(17-6-10(13)14)7(5-8)1-4-11(15)16/h2-3,5,10H,1,4,6H2,(H2,15,16). The number of alkyl halides is 2. The first kappa shape index (κ1) is 13.3. The second-order valence-electron chi connectivity index (χ2n) is 3.42. The molecule has 0 saturated heterocycles. The van der Waals surface area contributed by atoms with E-state index in [1.807, 2.05) is 0 Å². The number of nitrogens with two attached hydrogens (primary N) is 1. The summed E-state index contributed by atoms with van der Waals surface area (Å²) in [6.07, 6.45) is -2.44. The zero-order valence-electron chi connectivity index (χ0n) is 8.96. The normalized spacial score (nSPS) is 10.6. The molecule has 0 bridgehead atoms.